The predicted molar refractivity (Wildman–Crippen MR) is 46.4 cm³/mol. The summed E-state index contributed by atoms with van der Waals surface area (Å²) >= 11 is 0. The molecule has 2 N–H and O–H groups in total. The quantitative estimate of drug-likeness (QED) is 0.663. The first-order valence-corrected chi connectivity index (χ1v) is 3.83. The van der Waals surface area contributed by atoms with Crippen molar-refractivity contribution in [3.8, 4) is 0 Å². The zero-order chi connectivity index (χ0) is 8.59. The summed E-state index contributed by atoms with van der Waals surface area (Å²) in [6.07, 6.45) is 0. The van der Waals surface area contributed by atoms with Gasteiger partial charge in [-0.05, 0) is 12.8 Å². The van der Waals surface area contributed by atoms with E-state index in [1.165, 1.54) is 5.69 Å². The minimum absolute atomic E-state index is 0.491. The Morgan fingerprint density at radius 3 is 2.18 bits per heavy atom. The van der Waals surface area contributed by atoms with Gasteiger partial charge in [-0.15, -0.1) is 0 Å². The number of nitrogens with two attached hydrogens (primary N) is 1. The molecule has 0 aliphatic carbocycles. The molecule has 11 heavy (non-hydrogen) atoms. The van der Waals surface area contributed by atoms with Gasteiger partial charge in [0.1, 0.15) is 5.82 Å². The summed E-state index contributed by atoms with van der Waals surface area (Å²) in [4.78, 5) is 0. The average Bonchev–Trinajstić information content (AvgIpc) is 2.07. The maximum absolute atomic E-state index is 5.65. The molecule has 62 valence electrons. The summed E-state index contributed by atoms with van der Waals surface area (Å²) in [7, 11) is 1.93. The number of anilines is 1. The molecular formula is C8H15N3. The molecule has 0 atom stereocenters. The average molecular weight is 153 g/mol. The SMILES string of the molecule is Cc1c(N)nn(C)c1C(C)C. The van der Waals surface area contributed by atoms with E-state index in [1.54, 1.807) is 0 Å². The molecule has 1 aromatic heterocycles. The summed E-state index contributed by atoms with van der Waals surface area (Å²) in [6, 6.07) is 0. The molecule has 1 rings (SSSR count). The van der Waals surface area contributed by atoms with Crippen molar-refractivity contribution in [3.63, 3.8) is 0 Å². The lowest BCUT2D eigenvalue weighted by Gasteiger charge is -2.05. The molecule has 0 unspecified atom stereocenters. The third-order valence-electron chi connectivity index (χ3n) is 1.92. The van der Waals surface area contributed by atoms with Gasteiger partial charge in [-0.25, -0.2) is 0 Å². The van der Waals surface area contributed by atoms with Gasteiger partial charge < -0.3 is 5.73 Å². The molecule has 1 heterocycles. The van der Waals surface area contributed by atoms with E-state index >= 15 is 0 Å². The number of aryl methyl sites for hydroxylation is 1. The maximum Gasteiger partial charge on any atom is 0.148 e. The van der Waals surface area contributed by atoms with Crippen molar-refractivity contribution in [2.24, 2.45) is 7.05 Å². The van der Waals surface area contributed by atoms with Gasteiger partial charge in [0, 0.05) is 18.3 Å². The summed E-state index contributed by atoms with van der Waals surface area (Å²) in [5.74, 6) is 1.14. The summed E-state index contributed by atoms with van der Waals surface area (Å²) in [6.45, 7) is 6.30. The molecule has 0 aliphatic rings. The van der Waals surface area contributed by atoms with E-state index in [0.29, 0.717) is 11.7 Å². The van der Waals surface area contributed by atoms with Crippen LogP contribution in [0.15, 0.2) is 0 Å². The predicted octanol–water partition coefficient (Wildman–Crippen LogP) is 1.43. The Labute approximate surface area is 67.2 Å². The number of hydrogen-bond donors (Lipinski definition) is 1. The Bertz CT molecular complexity index is 261. The molecule has 0 aromatic carbocycles. The van der Waals surface area contributed by atoms with E-state index in [0.717, 1.165) is 5.56 Å². The number of aromatic nitrogens is 2. The van der Waals surface area contributed by atoms with Crippen molar-refractivity contribution in [3.05, 3.63) is 11.3 Å². The van der Waals surface area contributed by atoms with E-state index in [1.807, 2.05) is 18.7 Å². The molecule has 3 nitrogen and oxygen atoms in total. The summed E-state index contributed by atoms with van der Waals surface area (Å²) in [5.41, 5.74) is 7.99. The molecule has 0 fully saturated rings. The second-order valence-corrected chi connectivity index (χ2v) is 3.17. The van der Waals surface area contributed by atoms with Crippen LogP contribution < -0.4 is 5.73 Å². The van der Waals surface area contributed by atoms with E-state index < -0.39 is 0 Å². The van der Waals surface area contributed by atoms with Crippen LogP contribution in [0.2, 0.25) is 0 Å². The van der Waals surface area contributed by atoms with Crippen molar-refractivity contribution in [1.82, 2.24) is 9.78 Å². The summed E-state index contributed by atoms with van der Waals surface area (Å²) in [5, 5.41) is 4.13. The molecule has 3 heteroatoms. The Morgan fingerprint density at radius 2 is 2.00 bits per heavy atom. The fraction of sp³-hybridized carbons (Fsp3) is 0.625. The van der Waals surface area contributed by atoms with E-state index in [4.69, 9.17) is 5.73 Å². The largest absolute Gasteiger partial charge is 0.382 e. The fourth-order valence-electron chi connectivity index (χ4n) is 1.47. The third-order valence-corrected chi connectivity index (χ3v) is 1.92. The van der Waals surface area contributed by atoms with Gasteiger partial charge in [0.05, 0.1) is 0 Å². The van der Waals surface area contributed by atoms with Crippen LogP contribution in [-0.2, 0) is 7.05 Å². The zero-order valence-electron chi connectivity index (χ0n) is 7.55. The Morgan fingerprint density at radius 1 is 1.45 bits per heavy atom. The van der Waals surface area contributed by atoms with Gasteiger partial charge in [-0.1, -0.05) is 13.8 Å². The van der Waals surface area contributed by atoms with Gasteiger partial charge >= 0.3 is 0 Å². The highest BCUT2D eigenvalue weighted by Gasteiger charge is 2.11. The second-order valence-electron chi connectivity index (χ2n) is 3.17. The molecule has 0 amide bonds. The van der Waals surface area contributed by atoms with Gasteiger partial charge in [0.25, 0.3) is 0 Å². The molecule has 1 aromatic rings. The van der Waals surface area contributed by atoms with Crippen LogP contribution in [-0.4, -0.2) is 9.78 Å². The lowest BCUT2D eigenvalue weighted by Crippen LogP contribution is -2.00. The van der Waals surface area contributed by atoms with Crippen LogP contribution in [0.1, 0.15) is 31.0 Å². The van der Waals surface area contributed by atoms with Crippen LogP contribution >= 0.6 is 0 Å². The van der Waals surface area contributed by atoms with Crippen LogP contribution in [0.5, 0.6) is 0 Å². The van der Waals surface area contributed by atoms with Gasteiger partial charge in [-0.2, -0.15) is 5.10 Å². The number of rotatable bonds is 1. The maximum atomic E-state index is 5.65. The third kappa shape index (κ3) is 1.23. The zero-order valence-corrected chi connectivity index (χ0v) is 7.55. The monoisotopic (exact) mass is 153 g/mol. The highest BCUT2D eigenvalue weighted by Crippen LogP contribution is 2.21. The Hall–Kier alpha value is -0.990. The number of nitrogen functional groups attached to an aromatic ring is 1. The van der Waals surface area contributed by atoms with E-state index in [-0.39, 0.29) is 0 Å². The van der Waals surface area contributed by atoms with Crippen molar-refractivity contribution < 1.29 is 0 Å². The first kappa shape index (κ1) is 8.11. The molecule has 0 saturated carbocycles. The minimum atomic E-state index is 0.491. The molecule has 0 bridgehead atoms. The molecular weight excluding hydrogens is 138 g/mol. The number of nitrogens with zero attached hydrogens (tertiary/aromatic N) is 2. The van der Waals surface area contributed by atoms with Crippen molar-refractivity contribution in [1.29, 1.82) is 0 Å². The van der Waals surface area contributed by atoms with Crippen molar-refractivity contribution in [2.75, 3.05) is 5.73 Å². The number of hydrogen-bond acceptors (Lipinski definition) is 2. The Kier molecular flexibility index (Phi) is 1.89. The standard InChI is InChI=1S/C8H15N3/c1-5(2)7-6(3)8(9)10-11(7)4/h5H,1-4H3,(H2,9,10). The van der Waals surface area contributed by atoms with Crippen molar-refractivity contribution >= 4 is 5.82 Å². The second kappa shape index (κ2) is 2.57. The minimum Gasteiger partial charge on any atom is -0.382 e. The van der Waals surface area contributed by atoms with Crippen molar-refractivity contribution in [2.45, 2.75) is 26.7 Å². The first-order chi connectivity index (χ1) is 5.04. The Balaban J connectivity index is 3.22. The van der Waals surface area contributed by atoms with Gasteiger partial charge in [-0.3, -0.25) is 4.68 Å². The van der Waals surface area contributed by atoms with Crippen LogP contribution in [0.25, 0.3) is 0 Å². The first-order valence-electron chi connectivity index (χ1n) is 3.83. The molecule has 0 radical (unpaired) electrons. The highest BCUT2D eigenvalue weighted by molar-refractivity contribution is 5.42. The molecule has 0 saturated heterocycles. The van der Waals surface area contributed by atoms with E-state index in [9.17, 15) is 0 Å². The van der Waals surface area contributed by atoms with Gasteiger partial charge in [0.15, 0.2) is 0 Å². The normalized spacial score (nSPS) is 11.0. The van der Waals surface area contributed by atoms with Crippen LogP contribution in [0.4, 0.5) is 5.82 Å². The van der Waals surface area contributed by atoms with Crippen LogP contribution in [0, 0.1) is 6.92 Å². The molecule has 0 spiro atoms. The molecule has 0 aliphatic heterocycles. The lowest BCUT2D eigenvalue weighted by molar-refractivity contribution is 0.668. The highest BCUT2D eigenvalue weighted by atomic mass is 15.3. The smallest absolute Gasteiger partial charge is 0.148 e. The topological polar surface area (TPSA) is 43.8 Å². The van der Waals surface area contributed by atoms with Gasteiger partial charge in [0.2, 0.25) is 0 Å². The fourth-order valence-corrected chi connectivity index (χ4v) is 1.47. The van der Waals surface area contributed by atoms with Crippen LogP contribution in [0.3, 0.4) is 0 Å². The van der Waals surface area contributed by atoms with E-state index in [2.05, 4.69) is 18.9 Å². The summed E-state index contributed by atoms with van der Waals surface area (Å²) < 4.78 is 1.86. The lowest BCUT2D eigenvalue weighted by atomic mass is 10.1.